The van der Waals surface area contributed by atoms with Gasteiger partial charge in [0.1, 0.15) is 17.3 Å². The van der Waals surface area contributed by atoms with Gasteiger partial charge in [0.05, 0.1) is 38.0 Å². The zero-order valence-electron chi connectivity index (χ0n) is 19.1. The Labute approximate surface area is 200 Å². The van der Waals surface area contributed by atoms with E-state index in [1.54, 1.807) is 42.5 Å². The molecule has 0 unspecified atom stereocenters. The van der Waals surface area contributed by atoms with E-state index in [2.05, 4.69) is 4.99 Å². The summed E-state index contributed by atoms with van der Waals surface area (Å²) < 4.78 is 16.1. The van der Waals surface area contributed by atoms with Crippen molar-refractivity contribution in [1.82, 2.24) is 0 Å². The fourth-order valence-corrected chi connectivity index (χ4v) is 3.68. The highest BCUT2D eigenvalue weighted by Crippen LogP contribution is 2.40. The zero-order valence-corrected chi connectivity index (χ0v) is 19.1. The topological polar surface area (TPSA) is 124 Å². The fraction of sp³-hybridized carbons (Fsp3) is 0.120. The molecule has 0 aromatic heterocycles. The first-order valence-corrected chi connectivity index (χ1v) is 10.4. The van der Waals surface area contributed by atoms with Gasteiger partial charge in [0.15, 0.2) is 11.5 Å². The third-order valence-corrected chi connectivity index (χ3v) is 5.29. The number of carbonyl (C=O) groups is 1. The van der Waals surface area contributed by atoms with Crippen LogP contribution in [0.1, 0.15) is 11.1 Å². The Kier molecular flexibility index (Phi) is 6.36. The van der Waals surface area contributed by atoms with Crippen molar-refractivity contribution in [2.24, 2.45) is 4.99 Å². The molecule has 0 radical (unpaired) electrons. The molecular weight excluding hydrogens is 454 g/mol. The van der Waals surface area contributed by atoms with Gasteiger partial charge in [-0.1, -0.05) is 30.3 Å². The number of hydrogen-bond acceptors (Lipinski definition) is 8. The molecule has 1 aliphatic rings. The average molecular weight is 475 g/mol. The molecule has 0 atom stereocenters. The predicted octanol–water partition coefficient (Wildman–Crippen LogP) is 4.16. The summed E-state index contributed by atoms with van der Waals surface area (Å²) >= 11 is 0. The highest BCUT2D eigenvalue weighted by atomic mass is 16.6. The van der Waals surface area contributed by atoms with Crippen molar-refractivity contribution in [2.45, 2.75) is 0 Å². The van der Waals surface area contributed by atoms with Gasteiger partial charge in [-0.3, -0.25) is 19.8 Å². The van der Waals surface area contributed by atoms with Crippen LogP contribution in [-0.4, -0.2) is 43.1 Å². The van der Waals surface area contributed by atoms with Crippen LogP contribution in [0, 0.1) is 10.1 Å². The number of phenolic OH excluding ortho intramolecular Hbond substituents is 1. The molecule has 0 spiro atoms. The molecule has 0 aliphatic carbocycles. The quantitative estimate of drug-likeness (QED) is 0.309. The lowest BCUT2D eigenvalue weighted by atomic mass is 10.1. The Bertz CT molecular complexity index is 1340. The fourth-order valence-electron chi connectivity index (χ4n) is 3.68. The van der Waals surface area contributed by atoms with E-state index in [1.807, 2.05) is 6.07 Å². The molecule has 0 saturated carbocycles. The molecule has 1 heterocycles. The summed E-state index contributed by atoms with van der Waals surface area (Å²) in [7, 11) is 4.46. The molecule has 0 saturated heterocycles. The summed E-state index contributed by atoms with van der Waals surface area (Å²) in [6.45, 7) is 0. The highest BCUT2D eigenvalue weighted by Gasteiger charge is 2.34. The first-order chi connectivity index (χ1) is 16.9. The molecule has 0 bridgehead atoms. The monoisotopic (exact) mass is 475 g/mol. The Hall–Kier alpha value is -4.86. The number of rotatable bonds is 7. The third-order valence-electron chi connectivity index (χ3n) is 5.29. The second-order valence-corrected chi connectivity index (χ2v) is 7.36. The number of anilines is 1. The maximum Gasteiger partial charge on any atom is 0.282 e. The number of aromatic hydroxyl groups is 1. The van der Waals surface area contributed by atoms with E-state index in [1.165, 1.54) is 38.4 Å². The number of aliphatic imine (C=N–C) groups is 1. The standard InChI is InChI=1S/C25H21N3O7/c1-33-21-12-15(13-22(34-2)23(21)35-3)11-18-25(30)27(24(26-18)16-7-5-4-6-8-16)19-10-9-17(28(31)32)14-20(19)29/h4-14,29H,1-3H3/b18-11+. The first-order valence-electron chi connectivity index (χ1n) is 10.4. The van der Waals surface area contributed by atoms with Gasteiger partial charge in [-0.15, -0.1) is 0 Å². The van der Waals surface area contributed by atoms with Crippen LogP contribution >= 0.6 is 0 Å². The minimum Gasteiger partial charge on any atom is -0.505 e. The largest absolute Gasteiger partial charge is 0.505 e. The van der Waals surface area contributed by atoms with Crippen molar-refractivity contribution < 1.29 is 29.0 Å². The summed E-state index contributed by atoms with van der Waals surface area (Å²) in [5, 5.41) is 21.6. The number of benzene rings is 3. The van der Waals surface area contributed by atoms with Crippen LogP contribution in [0.4, 0.5) is 11.4 Å². The van der Waals surface area contributed by atoms with Gasteiger partial charge in [0.2, 0.25) is 5.75 Å². The van der Waals surface area contributed by atoms with Crippen LogP contribution in [0.15, 0.2) is 71.4 Å². The van der Waals surface area contributed by atoms with E-state index in [0.717, 1.165) is 6.07 Å². The molecule has 1 aliphatic heterocycles. The zero-order chi connectivity index (χ0) is 25.1. The minimum atomic E-state index is -0.628. The predicted molar refractivity (Wildman–Crippen MR) is 129 cm³/mol. The maximum atomic E-state index is 13.5. The summed E-state index contributed by atoms with van der Waals surface area (Å²) in [5.41, 5.74) is 1.03. The lowest BCUT2D eigenvalue weighted by Crippen LogP contribution is -2.32. The number of nitro groups is 1. The number of phenols is 1. The Morgan fingerprint density at radius 3 is 2.17 bits per heavy atom. The van der Waals surface area contributed by atoms with Crippen molar-refractivity contribution >= 4 is 29.2 Å². The van der Waals surface area contributed by atoms with Crippen LogP contribution in [0.25, 0.3) is 6.08 Å². The molecule has 35 heavy (non-hydrogen) atoms. The smallest absolute Gasteiger partial charge is 0.282 e. The highest BCUT2D eigenvalue weighted by molar-refractivity contribution is 6.33. The van der Waals surface area contributed by atoms with E-state index in [-0.39, 0.29) is 22.9 Å². The third kappa shape index (κ3) is 4.36. The molecule has 10 heteroatoms. The summed E-state index contributed by atoms with van der Waals surface area (Å²) in [5.74, 6) is 0.522. The van der Waals surface area contributed by atoms with Crippen molar-refractivity contribution in [3.63, 3.8) is 0 Å². The van der Waals surface area contributed by atoms with E-state index >= 15 is 0 Å². The van der Waals surface area contributed by atoms with Gasteiger partial charge in [0, 0.05) is 11.6 Å². The number of carbonyl (C=O) groups excluding carboxylic acids is 1. The van der Waals surface area contributed by atoms with E-state index in [9.17, 15) is 20.0 Å². The Morgan fingerprint density at radius 1 is 0.971 bits per heavy atom. The molecule has 178 valence electrons. The molecule has 4 rings (SSSR count). The summed E-state index contributed by atoms with van der Waals surface area (Å²) in [6, 6.07) is 15.8. The first kappa shape index (κ1) is 23.3. The van der Waals surface area contributed by atoms with Crippen molar-refractivity contribution in [2.75, 3.05) is 26.2 Å². The Balaban J connectivity index is 1.85. The number of methoxy groups -OCH3 is 3. The van der Waals surface area contributed by atoms with Gasteiger partial charge in [-0.05, 0) is 29.8 Å². The van der Waals surface area contributed by atoms with Crippen molar-refractivity contribution in [3.8, 4) is 23.0 Å². The molecule has 1 N–H and O–H groups in total. The summed E-state index contributed by atoms with van der Waals surface area (Å²) in [6.07, 6.45) is 1.55. The normalized spacial score (nSPS) is 14.1. The number of nitrogens with zero attached hydrogens (tertiary/aromatic N) is 3. The van der Waals surface area contributed by atoms with Gasteiger partial charge in [-0.25, -0.2) is 4.99 Å². The van der Waals surface area contributed by atoms with E-state index < -0.39 is 16.6 Å². The molecule has 1 amide bonds. The van der Waals surface area contributed by atoms with Gasteiger partial charge < -0.3 is 19.3 Å². The lowest BCUT2D eigenvalue weighted by molar-refractivity contribution is -0.384. The molecule has 3 aromatic carbocycles. The molecule has 10 nitrogen and oxygen atoms in total. The average Bonchev–Trinajstić information content (AvgIpc) is 3.19. The Morgan fingerprint density at radius 2 is 1.63 bits per heavy atom. The number of nitro benzene ring substituents is 1. The second kappa shape index (κ2) is 9.56. The lowest BCUT2D eigenvalue weighted by Gasteiger charge is -2.19. The van der Waals surface area contributed by atoms with E-state index in [0.29, 0.717) is 28.4 Å². The van der Waals surface area contributed by atoms with E-state index in [4.69, 9.17) is 14.2 Å². The molecular formula is C25H21N3O7. The van der Waals surface area contributed by atoms with Crippen LogP contribution in [0.2, 0.25) is 0 Å². The molecule has 3 aromatic rings. The van der Waals surface area contributed by atoms with Crippen molar-refractivity contribution in [3.05, 3.63) is 87.6 Å². The van der Waals surface area contributed by atoms with Crippen LogP contribution in [0.5, 0.6) is 23.0 Å². The number of non-ortho nitro benzene ring substituents is 1. The molecule has 0 fully saturated rings. The van der Waals surface area contributed by atoms with Crippen LogP contribution < -0.4 is 19.1 Å². The SMILES string of the molecule is COc1cc(/C=C2/N=C(c3ccccc3)N(c3ccc([N+](=O)[O-])cc3O)C2=O)cc(OC)c1OC. The van der Waals surface area contributed by atoms with Crippen molar-refractivity contribution in [1.29, 1.82) is 0 Å². The van der Waals surface area contributed by atoms with Gasteiger partial charge in [0.25, 0.3) is 11.6 Å². The maximum absolute atomic E-state index is 13.5. The van der Waals surface area contributed by atoms with Crippen LogP contribution in [-0.2, 0) is 4.79 Å². The minimum absolute atomic E-state index is 0.0662. The number of hydrogen-bond donors (Lipinski definition) is 1. The number of amides is 1. The number of ether oxygens (including phenoxy) is 3. The second-order valence-electron chi connectivity index (χ2n) is 7.36. The number of amidine groups is 1. The van der Waals surface area contributed by atoms with Gasteiger partial charge in [-0.2, -0.15) is 0 Å². The van der Waals surface area contributed by atoms with Gasteiger partial charge >= 0.3 is 0 Å². The van der Waals surface area contributed by atoms with Crippen LogP contribution in [0.3, 0.4) is 0 Å². The summed E-state index contributed by atoms with van der Waals surface area (Å²) in [4.78, 5) is 29.7.